The van der Waals surface area contributed by atoms with Crippen LogP contribution in [0.4, 0.5) is 0 Å². The first-order valence-electron chi connectivity index (χ1n) is 5.70. The molecule has 2 aromatic rings. The van der Waals surface area contributed by atoms with Crippen molar-refractivity contribution in [2.45, 2.75) is 39.7 Å². The molecule has 2 aromatic heterocycles. The zero-order chi connectivity index (χ0) is 12.7. The van der Waals surface area contributed by atoms with Crippen LogP contribution in [0.25, 0.3) is 10.2 Å². The van der Waals surface area contributed by atoms with Crippen LogP contribution < -0.4 is 11.2 Å². The van der Waals surface area contributed by atoms with E-state index in [-0.39, 0.29) is 17.3 Å². The van der Waals surface area contributed by atoms with Crippen LogP contribution >= 0.6 is 11.3 Å². The van der Waals surface area contributed by atoms with Crippen molar-refractivity contribution >= 4 is 21.6 Å². The fourth-order valence-corrected chi connectivity index (χ4v) is 2.84. The molecule has 0 bridgehead atoms. The van der Waals surface area contributed by atoms with E-state index in [4.69, 9.17) is 0 Å². The van der Waals surface area contributed by atoms with E-state index < -0.39 is 0 Å². The molecule has 0 aliphatic heterocycles. The van der Waals surface area contributed by atoms with Gasteiger partial charge in [-0.2, -0.15) is 0 Å². The number of nitrogens with zero attached hydrogens (tertiary/aromatic N) is 1. The van der Waals surface area contributed by atoms with Crippen molar-refractivity contribution in [2.75, 3.05) is 0 Å². The Morgan fingerprint density at radius 2 is 1.88 bits per heavy atom. The summed E-state index contributed by atoms with van der Waals surface area (Å²) < 4.78 is 1.26. The number of nitrogens with one attached hydrogen (secondary N) is 1. The van der Waals surface area contributed by atoms with Gasteiger partial charge in [0.1, 0.15) is 4.83 Å². The molecule has 0 atom stereocenters. The third kappa shape index (κ3) is 1.95. The topological polar surface area (TPSA) is 54.9 Å². The molecule has 1 N–H and O–H groups in total. The molecule has 0 aliphatic carbocycles. The number of hydrogen-bond donors (Lipinski definition) is 1. The predicted molar refractivity (Wildman–Crippen MR) is 71.2 cm³/mol. The van der Waals surface area contributed by atoms with Crippen molar-refractivity contribution in [2.24, 2.45) is 0 Å². The number of fused-ring (bicyclic) bond motifs is 1. The number of H-pyrrole nitrogens is 1. The van der Waals surface area contributed by atoms with Crippen molar-refractivity contribution in [3.8, 4) is 0 Å². The maximum atomic E-state index is 12.2. The Bertz CT molecular complexity index is 661. The van der Waals surface area contributed by atoms with Crippen LogP contribution in [0, 0.1) is 0 Å². The van der Waals surface area contributed by atoms with Gasteiger partial charge >= 0.3 is 5.69 Å². The lowest BCUT2D eigenvalue weighted by Gasteiger charge is -2.07. The van der Waals surface area contributed by atoms with Gasteiger partial charge in [-0.25, -0.2) is 4.79 Å². The molecule has 0 radical (unpaired) electrons. The Balaban J connectivity index is 2.84. The van der Waals surface area contributed by atoms with E-state index in [1.165, 1.54) is 15.9 Å². The Morgan fingerprint density at radius 3 is 2.41 bits per heavy atom. The van der Waals surface area contributed by atoms with Crippen LogP contribution in [0.1, 0.15) is 44.5 Å². The highest BCUT2D eigenvalue weighted by Crippen LogP contribution is 2.26. The summed E-state index contributed by atoms with van der Waals surface area (Å²) in [5.41, 5.74) is -0.517. The third-order valence-electron chi connectivity index (χ3n) is 2.73. The number of thiophene rings is 1. The normalized spacial score (nSPS) is 11.9. The summed E-state index contributed by atoms with van der Waals surface area (Å²) in [6, 6.07) is 1.76. The molecule has 0 unspecified atom stereocenters. The Hall–Kier alpha value is -1.36. The lowest BCUT2D eigenvalue weighted by Crippen LogP contribution is -2.35. The van der Waals surface area contributed by atoms with E-state index in [0.717, 1.165) is 4.88 Å². The van der Waals surface area contributed by atoms with Crippen LogP contribution in [0.3, 0.4) is 0 Å². The van der Waals surface area contributed by atoms with Crippen LogP contribution in [0.2, 0.25) is 0 Å². The number of aromatic nitrogens is 2. The summed E-state index contributed by atoms with van der Waals surface area (Å²) in [5, 5.41) is 0.618. The van der Waals surface area contributed by atoms with Gasteiger partial charge in [-0.15, -0.1) is 11.3 Å². The second-order valence-electron chi connectivity index (χ2n) is 4.75. The highest BCUT2D eigenvalue weighted by Gasteiger charge is 2.14. The minimum atomic E-state index is -0.324. The molecule has 17 heavy (non-hydrogen) atoms. The second kappa shape index (κ2) is 4.14. The first kappa shape index (κ1) is 12.1. The SMILES string of the molecule is CC(C)c1cc2c(=O)n(C(C)C)c(=O)[nH]c2s1. The van der Waals surface area contributed by atoms with E-state index in [1.54, 1.807) is 0 Å². The van der Waals surface area contributed by atoms with Crippen molar-refractivity contribution in [3.05, 3.63) is 31.8 Å². The maximum absolute atomic E-state index is 12.2. The molecule has 0 fully saturated rings. The van der Waals surface area contributed by atoms with Crippen molar-refractivity contribution in [3.63, 3.8) is 0 Å². The number of rotatable bonds is 2. The number of aromatic amines is 1. The molecule has 4 nitrogen and oxygen atoms in total. The highest BCUT2D eigenvalue weighted by molar-refractivity contribution is 7.18. The van der Waals surface area contributed by atoms with Gasteiger partial charge in [0.2, 0.25) is 0 Å². The Labute approximate surface area is 103 Å². The van der Waals surface area contributed by atoms with Gasteiger partial charge in [-0.05, 0) is 25.8 Å². The number of hydrogen-bond acceptors (Lipinski definition) is 3. The molecular weight excluding hydrogens is 236 g/mol. The van der Waals surface area contributed by atoms with Crippen LogP contribution in [-0.4, -0.2) is 9.55 Å². The van der Waals surface area contributed by atoms with E-state index >= 15 is 0 Å². The fourth-order valence-electron chi connectivity index (χ4n) is 1.79. The molecule has 2 rings (SSSR count). The summed E-state index contributed by atoms with van der Waals surface area (Å²) in [6.07, 6.45) is 0. The average Bonchev–Trinajstić information content (AvgIpc) is 2.60. The average molecular weight is 252 g/mol. The third-order valence-corrected chi connectivity index (χ3v) is 4.08. The van der Waals surface area contributed by atoms with Gasteiger partial charge in [0.15, 0.2) is 0 Å². The zero-order valence-corrected chi connectivity index (χ0v) is 11.2. The summed E-state index contributed by atoms with van der Waals surface area (Å²) in [7, 11) is 0. The Morgan fingerprint density at radius 1 is 1.24 bits per heavy atom. The van der Waals surface area contributed by atoms with Crippen molar-refractivity contribution < 1.29 is 0 Å². The van der Waals surface area contributed by atoms with Crippen LogP contribution in [0.15, 0.2) is 15.7 Å². The molecule has 0 saturated carbocycles. The molecule has 0 saturated heterocycles. The second-order valence-corrected chi connectivity index (χ2v) is 5.83. The smallest absolute Gasteiger partial charge is 0.298 e. The summed E-state index contributed by atoms with van der Waals surface area (Å²) in [4.78, 5) is 28.5. The zero-order valence-electron chi connectivity index (χ0n) is 10.4. The van der Waals surface area contributed by atoms with E-state index in [1.807, 2.05) is 19.9 Å². The largest absolute Gasteiger partial charge is 0.329 e. The predicted octanol–water partition coefficient (Wildman–Crippen LogP) is 2.46. The maximum Gasteiger partial charge on any atom is 0.329 e. The van der Waals surface area contributed by atoms with E-state index in [0.29, 0.717) is 16.1 Å². The standard InChI is InChI=1S/C12H16N2O2S/c1-6(2)9-5-8-10(17-9)13-12(16)14(7(3)4)11(8)15/h5-7H,1-4H3,(H,13,16). The monoisotopic (exact) mass is 252 g/mol. The van der Waals surface area contributed by atoms with Crippen LogP contribution in [-0.2, 0) is 0 Å². The quantitative estimate of drug-likeness (QED) is 0.892. The molecule has 92 valence electrons. The summed E-state index contributed by atoms with van der Waals surface area (Å²) in [6.45, 7) is 7.81. The van der Waals surface area contributed by atoms with Gasteiger partial charge in [-0.3, -0.25) is 14.3 Å². The molecule has 2 heterocycles. The van der Waals surface area contributed by atoms with Gasteiger partial charge in [0.25, 0.3) is 5.56 Å². The summed E-state index contributed by atoms with van der Waals surface area (Å²) in [5.74, 6) is 0.364. The minimum absolute atomic E-state index is 0.127. The molecule has 0 spiro atoms. The van der Waals surface area contributed by atoms with E-state index in [2.05, 4.69) is 18.8 Å². The lowest BCUT2D eigenvalue weighted by atomic mass is 10.2. The first-order chi connectivity index (χ1) is 7.91. The molecule has 0 amide bonds. The lowest BCUT2D eigenvalue weighted by molar-refractivity contribution is 0.552. The van der Waals surface area contributed by atoms with Gasteiger partial charge < -0.3 is 0 Å². The van der Waals surface area contributed by atoms with Gasteiger partial charge in [0.05, 0.1) is 5.39 Å². The van der Waals surface area contributed by atoms with Crippen LogP contribution in [0.5, 0.6) is 0 Å². The minimum Gasteiger partial charge on any atom is -0.298 e. The molecular formula is C12H16N2O2S. The molecule has 0 aromatic carbocycles. The fraction of sp³-hybridized carbons (Fsp3) is 0.500. The molecule has 5 heteroatoms. The van der Waals surface area contributed by atoms with Gasteiger partial charge in [-0.1, -0.05) is 13.8 Å². The van der Waals surface area contributed by atoms with Gasteiger partial charge in [0, 0.05) is 10.9 Å². The van der Waals surface area contributed by atoms with Crippen molar-refractivity contribution in [1.82, 2.24) is 9.55 Å². The highest BCUT2D eigenvalue weighted by atomic mass is 32.1. The molecule has 0 aliphatic rings. The van der Waals surface area contributed by atoms with Crippen molar-refractivity contribution in [1.29, 1.82) is 0 Å². The van der Waals surface area contributed by atoms with E-state index in [9.17, 15) is 9.59 Å². The Kier molecular flexibility index (Phi) is 2.95. The summed E-state index contributed by atoms with van der Waals surface area (Å²) >= 11 is 1.49. The first-order valence-corrected chi connectivity index (χ1v) is 6.51.